The van der Waals surface area contributed by atoms with Gasteiger partial charge in [-0.3, -0.25) is 19.9 Å². The lowest BCUT2D eigenvalue weighted by atomic mass is 9.88. The Bertz CT molecular complexity index is 7400. The van der Waals surface area contributed by atoms with Crippen molar-refractivity contribution in [2.24, 2.45) is 0 Å². The number of hydrogen-bond acceptors (Lipinski definition) is 10. The normalized spacial score (nSPS) is 11.7. The van der Waals surface area contributed by atoms with E-state index in [1.165, 1.54) is 0 Å². The Morgan fingerprint density at radius 3 is 0.824 bits per heavy atom. The summed E-state index contributed by atoms with van der Waals surface area (Å²) in [6.07, 6.45) is 7.34. The molecule has 0 aliphatic rings. The van der Waals surface area contributed by atoms with E-state index in [-0.39, 0.29) is 0 Å². The molecule has 0 spiro atoms. The highest BCUT2D eigenvalue weighted by molar-refractivity contribution is 6.21. The molecule has 0 N–H and O–H groups in total. The van der Waals surface area contributed by atoms with Crippen LogP contribution >= 0.6 is 0 Å². The minimum Gasteiger partial charge on any atom is -0.256 e. The molecule has 0 aliphatic carbocycles. The Morgan fingerprint density at radius 2 is 0.426 bits per heavy atom. The van der Waals surface area contributed by atoms with Gasteiger partial charge in [-0.15, -0.1) is 0 Å². The topological polar surface area (TPSA) is 129 Å². The number of fused-ring (bicyclic) bond motifs is 14. The first-order valence-corrected chi connectivity index (χ1v) is 36.1. The van der Waals surface area contributed by atoms with E-state index >= 15 is 0 Å². The second-order valence-corrected chi connectivity index (χ2v) is 27.4. The van der Waals surface area contributed by atoms with E-state index in [0.29, 0.717) is 0 Å². The molecule has 10 heterocycles. The Hall–Kier alpha value is -14.7. The van der Waals surface area contributed by atoms with Crippen molar-refractivity contribution in [2.75, 3.05) is 0 Å². The van der Waals surface area contributed by atoms with Gasteiger partial charge in [-0.1, -0.05) is 218 Å². The van der Waals surface area contributed by atoms with Crippen LogP contribution in [0.15, 0.2) is 352 Å². The summed E-state index contributed by atoms with van der Waals surface area (Å²) in [5.41, 5.74) is 26.0. The lowest BCUT2D eigenvalue weighted by Gasteiger charge is -2.17. The molecule has 0 fully saturated rings. The molecule has 0 saturated carbocycles. The summed E-state index contributed by atoms with van der Waals surface area (Å²) in [6, 6.07) is 115. The predicted octanol–water partition coefficient (Wildman–Crippen LogP) is 24.5. The van der Waals surface area contributed by atoms with E-state index in [2.05, 4.69) is 318 Å². The number of para-hydroxylation sites is 2. The van der Waals surface area contributed by atoms with Crippen LogP contribution in [0, 0.1) is 0 Å². The molecule has 22 rings (SSSR count). The van der Waals surface area contributed by atoms with Crippen molar-refractivity contribution < 1.29 is 0 Å². The van der Waals surface area contributed by atoms with E-state index in [9.17, 15) is 0 Å². The van der Waals surface area contributed by atoms with Crippen molar-refractivity contribution in [3.05, 3.63) is 352 Å². The summed E-state index contributed by atoms with van der Waals surface area (Å²) >= 11 is 0. The summed E-state index contributed by atoms with van der Waals surface area (Å²) in [6.45, 7) is 0. The van der Waals surface area contributed by atoms with Crippen LogP contribution in [0.1, 0.15) is 0 Å². The highest BCUT2D eigenvalue weighted by atomic mass is 14.8. The van der Waals surface area contributed by atoms with Crippen molar-refractivity contribution in [1.29, 1.82) is 0 Å². The maximum atomic E-state index is 5.33. The molecule has 0 bridgehead atoms. The molecule has 10 aromatic heterocycles. The fourth-order valence-corrected chi connectivity index (χ4v) is 15.7. The van der Waals surface area contributed by atoms with Gasteiger partial charge >= 0.3 is 0 Å². The van der Waals surface area contributed by atoms with Crippen LogP contribution in [0.2, 0.25) is 0 Å². The highest BCUT2D eigenvalue weighted by Gasteiger charge is 2.21. The first kappa shape index (κ1) is 61.9. The summed E-state index contributed by atoms with van der Waals surface area (Å²) in [5.74, 6) is 0. The fourth-order valence-electron chi connectivity index (χ4n) is 15.7. The van der Waals surface area contributed by atoms with Crippen LogP contribution < -0.4 is 0 Å². The van der Waals surface area contributed by atoms with Gasteiger partial charge in [0.2, 0.25) is 0 Å². The van der Waals surface area contributed by atoms with Crippen LogP contribution in [0.25, 0.3) is 220 Å². The SMILES string of the molecule is c1cnc2c(-c3ccc4cc(-c5ccc6nc(-c7c8ccccc8c(-c8ccc9ccc%10cccnc%10c9n8)c8ccccc78)ccc6c5)ccc4n3)cccc2c1.c1cnc2c(-c3ccc4cc(-c5ccc6nc(-c7ccc(-c8ccc9ccc%10cccnc%10c9n8)cc7)ccc6c5)ccc4n3)cccc2c1. The molecule has 0 radical (unpaired) electrons. The first-order chi connectivity index (χ1) is 53.5. The van der Waals surface area contributed by atoms with Crippen molar-refractivity contribution >= 4 is 131 Å². The summed E-state index contributed by atoms with van der Waals surface area (Å²) in [7, 11) is 0. The zero-order valence-corrected chi connectivity index (χ0v) is 58.0. The van der Waals surface area contributed by atoms with Crippen LogP contribution in [-0.2, 0) is 0 Å². The van der Waals surface area contributed by atoms with Gasteiger partial charge in [0.05, 0.1) is 89.3 Å². The molecule has 10 nitrogen and oxygen atoms in total. The van der Waals surface area contributed by atoms with Crippen molar-refractivity contribution in [3.63, 3.8) is 0 Å². The van der Waals surface area contributed by atoms with E-state index in [4.69, 9.17) is 34.9 Å². The summed E-state index contributed by atoms with van der Waals surface area (Å²) < 4.78 is 0. The Balaban J connectivity index is 0.000000139. The molecule has 10 heteroatoms. The van der Waals surface area contributed by atoms with Gasteiger partial charge in [0.1, 0.15) is 0 Å². The lowest BCUT2D eigenvalue weighted by Crippen LogP contribution is -1.95. The molecule has 12 aromatic carbocycles. The molecule has 500 valence electrons. The minimum atomic E-state index is 0.910. The summed E-state index contributed by atoms with van der Waals surface area (Å²) in [5, 5.41) is 15.5. The molecular weight excluding hydrogens is 1320 g/mol. The van der Waals surface area contributed by atoms with Crippen LogP contribution in [0.4, 0.5) is 0 Å². The average molecular weight is 1380 g/mol. The number of rotatable bonds is 8. The zero-order chi connectivity index (χ0) is 71.2. The average Bonchev–Trinajstić information content (AvgIpc) is 0.730. The number of benzene rings is 12. The van der Waals surface area contributed by atoms with E-state index in [1.807, 2.05) is 49.1 Å². The van der Waals surface area contributed by atoms with Gasteiger partial charge in [0, 0.05) is 112 Å². The number of hydrogen-bond donors (Lipinski definition) is 0. The third-order valence-corrected chi connectivity index (χ3v) is 21.0. The molecule has 0 saturated heterocycles. The fraction of sp³-hybridized carbons (Fsp3) is 0. The van der Waals surface area contributed by atoms with Crippen LogP contribution in [-0.4, -0.2) is 49.8 Å². The zero-order valence-electron chi connectivity index (χ0n) is 58.0. The van der Waals surface area contributed by atoms with Crippen molar-refractivity contribution in [3.8, 4) is 89.8 Å². The van der Waals surface area contributed by atoms with Crippen LogP contribution in [0.3, 0.4) is 0 Å². The molecule has 0 aliphatic heterocycles. The van der Waals surface area contributed by atoms with Gasteiger partial charge < -0.3 is 0 Å². The third kappa shape index (κ3) is 10.9. The van der Waals surface area contributed by atoms with Gasteiger partial charge in [-0.05, 0) is 153 Å². The standard InChI is InChI=1S/C53H31N5.C45H27N5/c1-3-13-41-39(11-1)49(40-12-2-4-14-42(40)50(41)48-26-18-34-17-16-33-10-7-29-55-52(33)53(34)58-48)47-27-22-38-31-36(20-24-45(38)57-47)35-19-23-44-37(30-35)21-25-46(56-44)43-15-5-8-32-9-6-28-54-51(32)43;1-4-30-5-2-24-46-43(30)37(7-1)42-23-18-36-27-34(16-21-41(36)49-42)33-15-20-40-35(26-33)17-22-38(48-40)28-8-10-29(11-9-28)39-19-14-32-13-12-31-6-3-25-47-44(31)45(32)50-39/h1-31H;1-27H. The van der Waals surface area contributed by atoms with Crippen molar-refractivity contribution in [2.45, 2.75) is 0 Å². The molecule has 0 unspecified atom stereocenters. The Kier molecular flexibility index (Phi) is 14.7. The van der Waals surface area contributed by atoms with Gasteiger partial charge in [0.15, 0.2) is 0 Å². The molecular formula is C98H58N10. The smallest absolute Gasteiger partial charge is 0.0972 e. The first-order valence-electron chi connectivity index (χ1n) is 36.1. The minimum absolute atomic E-state index is 0.910. The lowest BCUT2D eigenvalue weighted by molar-refractivity contribution is 1.36. The monoisotopic (exact) mass is 1370 g/mol. The van der Waals surface area contributed by atoms with E-state index in [1.54, 1.807) is 0 Å². The van der Waals surface area contributed by atoms with Gasteiger partial charge in [-0.25, -0.2) is 29.9 Å². The third-order valence-electron chi connectivity index (χ3n) is 21.0. The van der Waals surface area contributed by atoms with E-state index in [0.717, 1.165) is 220 Å². The highest BCUT2D eigenvalue weighted by Crippen LogP contribution is 2.45. The second-order valence-electron chi connectivity index (χ2n) is 27.4. The largest absolute Gasteiger partial charge is 0.256 e. The maximum Gasteiger partial charge on any atom is 0.0972 e. The van der Waals surface area contributed by atoms with E-state index < -0.39 is 0 Å². The predicted molar refractivity (Wildman–Crippen MR) is 444 cm³/mol. The molecule has 22 aromatic rings. The molecule has 0 amide bonds. The quantitative estimate of drug-likeness (QED) is 0.107. The van der Waals surface area contributed by atoms with Crippen LogP contribution in [0.5, 0.6) is 0 Å². The number of nitrogens with zero attached hydrogens (tertiary/aromatic N) is 10. The number of aromatic nitrogens is 10. The maximum absolute atomic E-state index is 5.33. The van der Waals surface area contributed by atoms with Gasteiger partial charge in [-0.2, -0.15) is 0 Å². The Morgan fingerprint density at radius 1 is 0.157 bits per heavy atom. The molecule has 0 atom stereocenters. The number of pyridine rings is 10. The molecule has 108 heavy (non-hydrogen) atoms. The second kappa shape index (κ2) is 25.6. The summed E-state index contributed by atoms with van der Waals surface area (Å²) in [4.78, 5) is 49.3. The van der Waals surface area contributed by atoms with Crippen molar-refractivity contribution in [1.82, 2.24) is 49.8 Å². The van der Waals surface area contributed by atoms with Gasteiger partial charge in [0.25, 0.3) is 0 Å². The Labute approximate surface area is 618 Å².